The molecule has 1 amide bonds. The number of nitrogens with one attached hydrogen (secondary N) is 2. The number of aliphatic hydroxyl groups excluding tert-OH is 1. The molecule has 8 nitrogen and oxygen atoms in total. The molecule has 3 rings (SSSR count). The number of alkyl halides is 3. The molecule has 0 bridgehead atoms. The van der Waals surface area contributed by atoms with E-state index in [1.165, 1.54) is 30.6 Å². The van der Waals surface area contributed by atoms with Crippen molar-refractivity contribution in [3.05, 3.63) is 54.4 Å². The number of aromatic nitrogens is 3. The number of carbonyl (C=O) groups excluding carboxylic acids is 1. The number of aliphatic hydroxyl groups is 1. The zero-order valence-electron chi connectivity index (χ0n) is 14.7. The smallest absolute Gasteiger partial charge is 0.475 e. The molecule has 3 aromatic rings. The van der Waals surface area contributed by atoms with Crippen molar-refractivity contribution in [3.63, 3.8) is 0 Å². The van der Waals surface area contributed by atoms with E-state index in [0.29, 0.717) is 11.3 Å². The Bertz CT molecular complexity index is 960. The van der Waals surface area contributed by atoms with Crippen LogP contribution in [0.4, 0.5) is 18.9 Å². The highest BCUT2D eigenvalue weighted by atomic mass is 19.4. The van der Waals surface area contributed by atoms with Crippen LogP contribution in [-0.4, -0.2) is 45.8 Å². The van der Waals surface area contributed by atoms with Crippen molar-refractivity contribution >= 4 is 11.6 Å². The molecule has 0 saturated heterocycles. The van der Waals surface area contributed by atoms with E-state index in [2.05, 4.69) is 25.2 Å². The van der Waals surface area contributed by atoms with Gasteiger partial charge in [0.05, 0.1) is 23.4 Å². The van der Waals surface area contributed by atoms with E-state index in [-0.39, 0.29) is 30.3 Å². The summed E-state index contributed by atoms with van der Waals surface area (Å²) in [5.41, 5.74) is 1.46. The summed E-state index contributed by atoms with van der Waals surface area (Å²) in [7, 11) is 0. The minimum atomic E-state index is -4.79. The highest BCUT2D eigenvalue weighted by molar-refractivity contribution is 6.04. The van der Waals surface area contributed by atoms with Gasteiger partial charge in [0.15, 0.2) is 0 Å². The number of H-pyrrole nitrogens is 1. The van der Waals surface area contributed by atoms with Crippen molar-refractivity contribution in [3.8, 4) is 22.9 Å². The van der Waals surface area contributed by atoms with Gasteiger partial charge in [0.1, 0.15) is 12.4 Å². The maximum absolute atomic E-state index is 12.5. The van der Waals surface area contributed by atoms with Gasteiger partial charge < -0.3 is 19.9 Å². The van der Waals surface area contributed by atoms with E-state index in [9.17, 15) is 18.0 Å². The third-order valence-electron chi connectivity index (χ3n) is 3.58. The lowest BCUT2D eigenvalue weighted by Crippen LogP contribution is -2.17. The fraction of sp³-hybridized carbons (Fsp3) is 0.167. The zero-order valence-corrected chi connectivity index (χ0v) is 14.7. The second-order valence-corrected chi connectivity index (χ2v) is 5.65. The number of aromatic amines is 1. The summed E-state index contributed by atoms with van der Waals surface area (Å²) in [5.74, 6) is -0.728. The Morgan fingerprint density at radius 2 is 1.97 bits per heavy atom. The van der Waals surface area contributed by atoms with Crippen LogP contribution in [0.3, 0.4) is 0 Å². The molecule has 11 heteroatoms. The Morgan fingerprint density at radius 3 is 2.59 bits per heavy atom. The average molecular weight is 408 g/mol. The van der Waals surface area contributed by atoms with Gasteiger partial charge in [-0.15, -0.1) is 13.2 Å². The molecular weight excluding hydrogens is 393 g/mol. The van der Waals surface area contributed by atoms with E-state index in [4.69, 9.17) is 9.84 Å². The van der Waals surface area contributed by atoms with E-state index in [0.717, 1.165) is 12.1 Å². The van der Waals surface area contributed by atoms with Gasteiger partial charge in [-0.2, -0.15) is 5.10 Å². The number of amides is 1. The molecule has 3 N–H and O–H groups in total. The molecule has 1 aromatic carbocycles. The van der Waals surface area contributed by atoms with E-state index in [1.807, 2.05) is 0 Å². The molecule has 0 atom stereocenters. The second-order valence-electron chi connectivity index (χ2n) is 5.65. The van der Waals surface area contributed by atoms with Crippen LogP contribution in [-0.2, 0) is 0 Å². The van der Waals surface area contributed by atoms with E-state index in [1.54, 1.807) is 6.07 Å². The van der Waals surface area contributed by atoms with Gasteiger partial charge in [-0.05, 0) is 36.4 Å². The van der Waals surface area contributed by atoms with Gasteiger partial charge in [-0.1, -0.05) is 0 Å². The average Bonchev–Trinajstić information content (AvgIpc) is 3.21. The SMILES string of the molecule is O=C(Nc1ccc(OC(F)(F)F)cc1)c1cnc(OCCO)c(-c2ccn[nH]2)c1. The summed E-state index contributed by atoms with van der Waals surface area (Å²) in [4.78, 5) is 16.6. The monoisotopic (exact) mass is 408 g/mol. The Kier molecular flexibility index (Phi) is 5.98. The van der Waals surface area contributed by atoms with Crippen LogP contribution in [0.25, 0.3) is 11.3 Å². The lowest BCUT2D eigenvalue weighted by molar-refractivity contribution is -0.274. The second kappa shape index (κ2) is 8.61. The lowest BCUT2D eigenvalue weighted by atomic mass is 10.1. The molecule has 152 valence electrons. The maximum Gasteiger partial charge on any atom is 0.573 e. The van der Waals surface area contributed by atoms with Crippen LogP contribution < -0.4 is 14.8 Å². The van der Waals surface area contributed by atoms with Crippen molar-refractivity contribution in [2.45, 2.75) is 6.36 Å². The summed E-state index contributed by atoms with van der Waals surface area (Å²) in [6.07, 6.45) is -2.00. The molecule has 0 radical (unpaired) electrons. The van der Waals surface area contributed by atoms with Crippen molar-refractivity contribution in [1.82, 2.24) is 15.2 Å². The maximum atomic E-state index is 12.5. The molecule has 0 fully saturated rings. The van der Waals surface area contributed by atoms with Crippen molar-refractivity contribution < 1.29 is 32.5 Å². The molecule has 0 spiro atoms. The first-order valence-corrected chi connectivity index (χ1v) is 8.26. The largest absolute Gasteiger partial charge is 0.573 e. The minimum Gasteiger partial charge on any atom is -0.475 e. The fourth-order valence-electron chi connectivity index (χ4n) is 2.38. The summed E-state index contributed by atoms with van der Waals surface area (Å²) in [6, 6.07) is 7.90. The molecule has 0 aliphatic rings. The first-order valence-electron chi connectivity index (χ1n) is 8.26. The minimum absolute atomic E-state index is 0.0199. The first-order chi connectivity index (χ1) is 13.9. The number of nitrogens with zero attached hydrogens (tertiary/aromatic N) is 2. The number of rotatable bonds is 7. The van der Waals surface area contributed by atoms with Gasteiger partial charge in [0.2, 0.25) is 5.88 Å². The number of carbonyl (C=O) groups is 1. The molecule has 0 unspecified atom stereocenters. The number of ether oxygens (including phenoxy) is 2. The number of anilines is 1. The number of pyridine rings is 1. The van der Waals surface area contributed by atoms with Crippen LogP contribution >= 0.6 is 0 Å². The molecule has 2 heterocycles. The van der Waals surface area contributed by atoms with E-state index >= 15 is 0 Å². The van der Waals surface area contributed by atoms with Gasteiger partial charge in [0.25, 0.3) is 5.91 Å². The van der Waals surface area contributed by atoms with Crippen LogP contribution in [0, 0.1) is 0 Å². The Hall–Kier alpha value is -3.60. The zero-order chi connectivity index (χ0) is 20.9. The predicted octanol–water partition coefficient (Wildman–Crippen LogP) is 2.99. The Morgan fingerprint density at radius 1 is 1.21 bits per heavy atom. The fourth-order valence-corrected chi connectivity index (χ4v) is 2.38. The van der Waals surface area contributed by atoms with Gasteiger partial charge in [-0.25, -0.2) is 4.98 Å². The topological polar surface area (TPSA) is 109 Å². The summed E-state index contributed by atoms with van der Waals surface area (Å²) >= 11 is 0. The quantitative estimate of drug-likeness (QED) is 0.555. The van der Waals surface area contributed by atoms with Crippen molar-refractivity contribution in [2.75, 3.05) is 18.5 Å². The van der Waals surface area contributed by atoms with Crippen LogP contribution in [0.5, 0.6) is 11.6 Å². The number of benzene rings is 1. The Balaban J connectivity index is 1.77. The summed E-state index contributed by atoms with van der Waals surface area (Å²) < 4.78 is 45.8. The Labute approximate surface area is 162 Å². The lowest BCUT2D eigenvalue weighted by Gasteiger charge is -2.12. The molecule has 0 aliphatic heterocycles. The molecule has 0 saturated carbocycles. The predicted molar refractivity (Wildman–Crippen MR) is 95.5 cm³/mol. The first kappa shape index (κ1) is 20.1. The van der Waals surface area contributed by atoms with E-state index < -0.39 is 18.0 Å². The molecular formula is C18H15F3N4O4. The standard InChI is InChI=1S/C18H15F3N4O4/c19-18(20,21)29-13-3-1-12(2-4-13)24-16(27)11-9-14(15-5-6-23-25-15)17(22-10-11)28-8-7-26/h1-6,9-10,26H,7-8H2,(H,23,25)(H,24,27). The summed E-state index contributed by atoms with van der Waals surface area (Å²) in [6.45, 7) is -0.188. The van der Waals surface area contributed by atoms with Crippen LogP contribution in [0.15, 0.2) is 48.8 Å². The number of halogens is 3. The highest BCUT2D eigenvalue weighted by Crippen LogP contribution is 2.28. The van der Waals surface area contributed by atoms with Crippen molar-refractivity contribution in [2.24, 2.45) is 0 Å². The normalized spacial score (nSPS) is 11.2. The van der Waals surface area contributed by atoms with Gasteiger partial charge in [0, 0.05) is 18.1 Å². The van der Waals surface area contributed by atoms with Gasteiger partial charge >= 0.3 is 6.36 Å². The number of hydrogen-bond donors (Lipinski definition) is 3. The van der Waals surface area contributed by atoms with Crippen molar-refractivity contribution in [1.29, 1.82) is 0 Å². The molecule has 2 aromatic heterocycles. The van der Waals surface area contributed by atoms with Crippen LogP contribution in [0.1, 0.15) is 10.4 Å². The van der Waals surface area contributed by atoms with Crippen LogP contribution in [0.2, 0.25) is 0 Å². The molecule has 29 heavy (non-hydrogen) atoms. The highest BCUT2D eigenvalue weighted by Gasteiger charge is 2.31. The molecule has 0 aliphatic carbocycles. The third kappa shape index (κ3) is 5.45. The van der Waals surface area contributed by atoms with Gasteiger partial charge in [-0.3, -0.25) is 9.89 Å². The summed E-state index contributed by atoms with van der Waals surface area (Å²) in [5, 5.41) is 18.1. The number of hydrogen-bond acceptors (Lipinski definition) is 6. The third-order valence-corrected chi connectivity index (χ3v) is 3.58.